The molecule has 1 amide bonds. The van der Waals surface area contributed by atoms with Crippen molar-refractivity contribution in [2.45, 2.75) is 17.9 Å². The Kier molecular flexibility index (Phi) is 4.61. The normalized spacial score (nSPS) is 14.5. The van der Waals surface area contributed by atoms with Crippen LogP contribution < -0.4 is 5.32 Å². The number of nitrogens with zero attached hydrogens (tertiary/aromatic N) is 4. The summed E-state index contributed by atoms with van der Waals surface area (Å²) in [5.41, 5.74) is 2.73. The molecular weight excluding hydrogens is 422 g/mol. The van der Waals surface area contributed by atoms with Crippen molar-refractivity contribution in [1.82, 2.24) is 18.9 Å². The predicted octanol–water partition coefficient (Wildman–Crippen LogP) is 2.79. The van der Waals surface area contributed by atoms with Gasteiger partial charge in [0.05, 0.1) is 6.20 Å². The molecule has 0 saturated heterocycles. The molecule has 0 atom stereocenters. The summed E-state index contributed by atoms with van der Waals surface area (Å²) in [6.07, 6.45) is 3.78. The number of fused-ring (bicyclic) bond motifs is 2. The lowest BCUT2D eigenvalue weighted by Crippen LogP contribution is -2.36. The Morgan fingerprint density at radius 1 is 1.07 bits per heavy atom. The molecule has 3 aromatic heterocycles. The van der Waals surface area contributed by atoms with Gasteiger partial charge in [-0.25, -0.2) is 13.4 Å². The molecule has 5 rings (SSSR count). The van der Waals surface area contributed by atoms with Gasteiger partial charge in [-0.2, -0.15) is 13.9 Å². The first-order valence-corrected chi connectivity index (χ1v) is 11.6. The summed E-state index contributed by atoms with van der Waals surface area (Å²) in [4.78, 5) is 17.3. The molecule has 4 aromatic rings. The maximum absolute atomic E-state index is 13.3. The van der Waals surface area contributed by atoms with Crippen molar-refractivity contribution >= 4 is 38.7 Å². The van der Waals surface area contributed by atoms with Gasteiger partial charge >= 0.3 is 0 Å². The molecule has 8 nitrogen and oxygen atoms in total. The minimum atomic E-state index is -3.81. The second kappa shape index (κ2) is 7.31. The van der Waals surface area contributed by atoms with Crippen LogP contribution in [0.15, 0.2) is 65.1 Å². The SMILES string of the molecule is O=C(Nc1ccnc2ccnn12)c1sccc1S(=O)(=O)N1CCc2ccccc2C1. The van der Waals surface area contributed by atoms with Gasteiger partial charge in [0.2, 0.25) is 10.0 Å². The van der Waals surface area contributed by atoms with Crippen molar-refractivity contribution in [2.24, 2.45) is 0 Å². The number of amides is 1. The minimum absolute atomic E-state index is 0.0233. The topological polar surface area (TPSA) is 96.7 Å². The predicted molar refractivity (Wildman–Crippen MR) is 113 cm³/mol. The van der Waals surface area contributed by atoms with Crippen molar-refractivity contribution in [2.75, 3.05) is 11.9 Å². The third-order valence-corrected chi connectivity index (χ3v) is 8.01. The Labute approximate surface area is 176 Å². The highest BCUT2D eigenvalue weighted by Crippen LogP contribution is 2.30. The van der Waals surface area contributed by atoms with Crippen LogP contribution in [0.25, 0.3) is 5.65 Å². The quantitative estimate of drug-likeness (QED) is 0.527. The van der Waals surface area contributed by atoms with Crippen LogP contribution >= 0.6 is 11.3 Å². The highest BCUT2D eigenvalue weighted by atomic mass is 32.2. The number of thiophene rings is 1. The first-order chi connectivity index (χ1) is 14.5. The maximum atomic E-state index is 13.3. The van der Waals surface area contributed by atoms with E-state index >= 15 is 0 Å². The van der Waals surface area contributed by atoms with Crippen LogP contribution in [0, 0.1) is 0 Å². The summed E-state index contributed by atoms with van der Waals surface area (Å²) in [5.74, 6) is -0.0809. The number of carbonyl (C=O) groups is 1. The molecule has 4 heterocycles. The van der Waals surface area contributed by atoms with Crippen molar-refractivity contribution < 1.29 is 13.2 Å². The van der Waals surface area contributed by atoms with E-state index in [1.807, 2.05) is 24.3 Å². The first-order valence-electron chi connectivity index (χ1n) is 9.28. The van der Waals surface area contributed by atoms with Gasteiger partial charge in [-0.1, -0.05) is 24.3 Å². The summed E-state index contributed by atoms with van der Waals surface area (Å²) in [6.45, 7) is 0.683. The second-order valence-corrected chi connectivity index (χ2v) is 9.68. The van der Waals surface area contributed by atoms with E-state index in [1.54, 1.807) is 29.9 Å². The number of hydrogen-bond donors (Lipinski definition) is 1. The lowest BCUT2D eigenvalue weighted by Gasteiger charge is -2.28. The lowest BCUT2D eigenvalue weighted by molar-refractivity contribution is 0.102. The van der Waals surface area contributed by atoms with Crippen LogP contribution in [0.5, 0.6) is 0 Å². The zero-order chi connectivity index (χ0) is 20.7. The van der Waals surface area contributed by atoms with Crippen LogP contribution in [0.2, 0.25) is 0 Å². The van der Waals surface area contributed by atoms with Gasteiger partial charge in [-0.3, -0.25) is 4.79 Å². The Morgan fingerprint density at radius 2 is 1.90 bits per heavy atom. The van der Waals surface area contributed by atoms with Crippen molar-refractivity contribution in [1.29, 1.82) is 0 Å². The largest absolute Gasteiger partial charge is 0.306 e. The van der Waals surface area contributed by atoms with Gasteiger partial charge in [-0.05, 0) is 35.1 Å². The smallest absolute Gasteiger partial charge is 0.268 e. The summed E-state index contributed by atoms with van der Waals surface area (Å²) >= 11 is 1.10. The molecule has 0 unspecified atom stereocenters. The second-order valence-electron chi connectivity index (χ2n) is 6.86. The zero-order valence-electron chi connectivity index (χ0n) is 15.7. The molecule has 0 aliphatic carbocycles. The van der Waals surface area contributed by atoms with E-state index < -0.39 is 15.9 Å². The van der Waals surface area contributed by atoms with E-state index in [1.165, 1.54) is 14.9 Å². The number of benzene rings is 1. The number of aromatic nitrogens is 3. The van der Waals surface area contributed by atoms with E-state index in [9.17, 15) is 13.2 Å². The standard InChI is InChI=1S/C20H17N5O3S2/c26-20(23-18-5-9-21-17-6-10-22-25(17)18)19-16(8-12-29-19)30(27,28)24-11-7-14-3-1-2-4-15(14)13-24/h1-6,8-10,12H,7,11,13H2,(H,23,26). The van der Waals surface area contributed by atoms with Crippen LogP contribution in [0.3, 0.4) is 0 Å². The first kappa shape index (κ1) is 18.9. The molecule has 1 aliphatic heterocycles. The average molecular weight is 440 g/mol. The molecule has 152 valence electrons. The van der Waals surface area contributed by atoms with Crippen molar-refractivity contribution in [3.8, 4) is 0 Å². The molecule has 30 heavy (non-hydrogen) atoms. The minimum Gasteiger partial charge on any atom is -0.306 e. The Balaban J connectivity index is 1.44. The van der Waals surface area contributed by atoms with Gasteiger partial charge in [0.1, 0.15) is 15.6 Å². The van der Waals surface area contributed by atoms with Gasteiger partial charge < -0.3 is 5.32 Å². The number of anilines is 1. The van der Waals surface area contributed by atoms with Crippen molar-refractivity contribution in [3.63, 3.8) is 0 Å². The lowest BCUT2D eigenvalue weighted by atomic mass is 10.0. The molecule has 0 radical (unpaired) electrons. The zero-order valence-corrected chi connectivity index (χ0v) is 17.4. The number of carbonyl (C=O) groups excluding carboxylic acids is 1. The van der Waals surface area contributed by atoms with E-state index in [2.05, 4.69) is 15.4 Å². The summed E-state index contributed by atoms with van der Waals surface area (Å²) in [7, 11) is -3.81. The van der Waals surface area contributed by atoms with Gasteiger partial charge in [0.15, 0.2) is 5.65 Å². The number of nitrogens with one attached hydrogen (secondary N) is 1. The highest BCUT2D eigenvalue weighted by molar-refractivity contribution is 7.89. The molecule has 10 heteroatoms. The number of hydrogen-bond acceptors (Lipinski definition) is 6. The molecule has 1 N–H and O–H groups in total. The van der Waals surface area contributed by atoms with Crippen molar-refractivity contribution in [3.05, 3.63) is 76.2 Å². The summed E-state index contributed by atoms with van der Waals surface area (Å²) in [6, 6.07) is 12.6. The van der Waals surface area contributed by atoms with Crippen LogP contribution in [0.1, 0.15) is 20.8 Å². The average Bonchev–Trinajstić information content (AvgIpc) is 3.44. The molecule has 0 saturated carbocycles. The van der Waals surface area contributed by atoms with Gasteiger partial charge in [-0.15, -0.1) is 11.3 Å². The molecule has 0 spiro atoms. The highest BCUT2D eigenvalue weighted by Gasteiger charge is 2.32. The maximum Gasteiger partial charge on any atom is 0.268 e. The van der Waals surface area contributed by atoms with Gasteiger partial charge in [0, 0.05) is 25.4 Å². The third-order valence-electron chi connectivity index (χ3n) is 5.08. The van der Waals surface area contributed by atoms with Crippen LogP contribution in [0.4, 0.5) is 5.82 Å². The van der Waals surface area contributed by atoms with E-state index in [-0.39, 0.29) is 9.77 Å². The van der Waals surface area contributed by atoms with E-state index in [4.69, 9.17) is 0 Å². The van der Waals surface area contributed by atoms with Gasteiger partial charge in [0.25, 0.3) is 5.91 Å². The van der Waals surface area contributed by atoms with E-state index in [0.717, 1.165) is 22.5 Å². The summed E-state index contributed by atoms with van der Waals surface area (Å²) < 4.78 is 29.6. The Hall–Kier alpha value is -3.08. The fourth-order valence-electron chi connectivity index (χ4n) is 3.58. The number of rotatable bonds is 4. The molecule has 1 aromatic carbocycles. The third kappa shape index (κ3) is 3.18. The fraction of sp³-hybridized carbons (Fsp3) is 0.150. The molecule has 0 bridgehead atoms. The molecule has 1 aliphatic rings. The van der Waals surface area contributed by atoms with Crippen LogP contribution in [-0.4, -0.2) is 39.8 Å². The monoisotopic (exact) mass is 439 g/mol. The number of sulfonamides is 1. The summed E-state index contributed by atoms with van der Waals surface area (Å²) in [5, 5.41) is 8.51. The fourth-order valence-corrected chi connectivity index (χ4v) is 6.30. The Bertz CT molecular complexity index is 1360. The molecular formula is C20H17N5O3S2. The Morgan fingerprint density at radius 3 is 2.77 bits per heavy atom. The van der Waals surface area contributed by atoms with Crippen LogP contribution in [-0.2, 0) is 23.0 Å². The molecule has 0 fully saturated rings. The van der Waals surface area contributed by atoms with E-state index in [0.29, 0.717) is 31.0 Å².